The minimum Gasteiger partial charge on any atom is -0.325 e. The van der Waals surface area contributed by atoms with E-state index in [9.17, 15) is 14.4 Å². The van der Waals surface area contributed by atoms with E-state index in [0.717, 1.165) is 27.9 Å². The van der Waals surface area contributed by atoms with E-state index < -0.39 is 17.7 Å². The van der Waals surface area contributed by atoms with Gasteiger partial charge in [0.25, 0.3) is 5.91 Å². The normalized spacial score (nSPS) is 10.6. The summed E-state index contributed by atoms with van der Waals surface area (Å²) in [5, 5.41) is 8.71. The molecule has 0 aliphatic carbocycles. The van der Waals surface area contributed by atoms with E-state index in [2.05, 4.69) is 16.0 Å². The van der Waals surface area contributed by atoms with Gasteiger partial charge in [0.15, 0.2) is 0 Å². The van der Waals surface area contributed by atoms with Crippen molar-refractivity contribution in [3.63, 3.8) is 0 Å². The molecule has 0 saturated heterocycles. The summed E-state index contributed by atoms with van der Waals surface area (Å²) in [4.78, 5) is 39.6. The van der Waals surface area contributed by atoms with Crippen molar-refractivity contribution in [2.75, 3.05) is 16.0 Å². The van der Waals surface area contributed by atoms with Crippen LogP contribution in [0, 0.1) is 12.8 Å². The molecule has 6 nitrogen and oxygen atoms in total. The van der Waals surface area contributed by atoms with Crippen molar-refractivity contribution < 1.29 is 14.4 Å². The van der Waals surface area contributed by atoms with Crippen LogP contribution in [0.5, 0.6) is 0 Å². The summed E-state index contributed by atoms with van der Waals surface area (Å²) in [5.41, 5.74) is 6.22. The van der Waals surface area contributed by atoms with Crippen LogP contribution in [-0.2, 0) is 16.0 Å². The van der Waals surface area contributed by atoms with Gasteiger partial charge in [-0.05, 0) is 78.1 Å². The number of carbonyl (C=O) groups is 3. The van der Waals surface area contributed by atoms with Gasteiger partial charge >= 0.3 is 0 Å². The first-order valence-electron chi connectivity index (χ1n) is 13.7. The minimum atomic E-state index is -0.992. The number of aryl methyl sites for hydroxylation is 1. The van der Waals surface area contributed by atoms with Crippen LogP contribution in [-0.4, -0.2) is 17.7 Å². The zero-order chi connectivity index (χ0) is 29.3. The average Bonchev–Trinajstić information content (AvgIpc) is 3.02. The number of anilines is 3. The van der Waals surface area contributed by atoms with Gasteiger partial charge in [-0.2, -0.15) is 0 Å². The van der Waals surface area contributed by atoms with Crippen molar-refractivity contribution >= 4 is 34.8 Å². The van der Waals surface area contributed by atoms with Gasteiger partial charge in [-0.15, -0.1) is 0 Å². The van der Waals surface area contributed by atoms with Gasteiger partial charge in [-0.3, -0.25) is 14.4 Å². The van der Waals surface area contributed by atoms with Crippen LogP contribution in [0.2, 0.25) is 0 Å². The third-order valence-electron chi connectivity index (χ3n) is 6.96. The van der Waals surface area contributed by atoms with Gasteiger partial charge in [0.2, 0.25) is 11.8 Å². The molecule has 0 fully saturated rings. The predicted octanol–water partition coefficient (Wildman–Crippen LogP) is 7.35. The lowest BCUT2D eigenvalue weighted by Gasteiger charge is -2.17. The molecular formula is C36H31N3O3. The molecule has 0 atom stereocenters. The largest absolute Gasteiger partial charge is 0.325 e. The lowest BCUT2D eigenvalue weighted by atomic mass is 9.96. The van der Waals surface area contributed by atoms with Crippen LogP contribution in [0.3, 0.4) is 0 Å². The van der Waals surface area contributed by atoms with Crippen molar-refractivity contribution in [3.05, 3.63) is 150 Å². The highest BCUT2D eigenvalue weighted by Crippen LogP contribution is 2.26. The van der Waals surface area contributed by atoms with E-state index in [1.807, 2.05) is 91.9 Å². The first kappa shape index (κ1) is 28.1. The van der Waals surface area contributed by atoms with Gasteiger partial charge in [0.05, 0.1) is 0 Å². The van der Waals surface area contributed by atoms with Crippen LogP contribution < -0.4 is 16.0 Å². The van der Waals surface area contributed by atoms with E-state index in [0.29, 0.717) is 16.9 Å². The molecule has 0 saturated carbocycles. The highest BCUT2D eigenvalue weighted by atomic mass is 16.2. The maximum Gasteiger partial charge on any atom is 0.255 e. The molecule has 5 aromatic carbocycles. The maximum absolute atomic E-state index is 13.3. The van der Waals surface area contributed by atoms with Crippen LogP contribution in [0.15, 0.2) is 133 Å². The molecule has 0 aliphatic heterocycles. The number of hydrogen-bond donors (Lipinski definition) is 3. The van der Waals surface area contributed by atoms with E-state index in [4.69, 9.17) is 0 Å². The highest BCUT2D eigenvalue weighted by Gasteiger charge is 2.27. The second-order valence-corrected chi connectivity index (χ2v) is 10.0. The lowest BCUT2D eigenvalue weighted by Crippen LogP contribution is -2.35. The van der Waals surface area contributed by atoms with Gasteiger partial charge in [0.1, 0.15) is 5.92 Å². The van der Waals surface area contributed by atoms with Crippen LogP contribution in [0.4, 0.5) is 17.1 Å². The fourth-order valence-electron chi connectivity index (χ4n) is 4.60. The minimum absolute atomic E-state index is 0.164. The average molecular weight is 554 g/mol. The SMILES string of the molecule is Cc1ccc(-c2ccccc2)cc1NC(=O)c1ccc(CC(C(=O)Nc2ccccc2)C(=O)Nc2ccccc2)cc1. The molecule has 6 heteroatoms. The summed E-state index contributed by atoms with van der Waals surface area (Å²) in [6.45, 7) is 1.95. The molecule has 0 bridgehead atoms. The van der Waals surface area contributed by atoms with Crippen molar-refractivity contribution in [2.45, 2.75) is 13.3 Å². The molecule has 0 heterocycles. The quantitative estimate of drug-likeness (QED) is 0.167. The molecule has 5 aromatic rings. The molecule has 3 N–H and O–H groups in total. The number of rotatable bonds is 9. The summed E-state index contributed by atoms with van der Waals surface area (Å²) in [7, 11) is 0. The standard InChI is InChI=1S/C36H31N3O3/c1-25-17-20-29(27-11-5-2-6-12-27)24-33(25)39-34(40)28-21-18-26(19-22-28)23-32(35(41)37-30-13-7-3-8-14-30)36(42)38-31-15-9-4-10-16-31/h2-22,24,32H,23H2,1H3,(H,37,41)(H,38,42)(H,39,40). The Morgan fingerprint density at radius 2 is 1.10 bits per heavy atom. The molecule has 0 aromatic heterocycles. The molecule has 0 aliphatic rings. The van der Waals surface area contributed by atoms with Crippen molar-refractivity contribution in [1.29, 1.82) is 0 Å². The Morgan fingerprint density at radius 1 is 0.571 bits per heavy atom. The van der Waals surface area contributed by atoms with Crippen molar-refractivity contribution in [2.24, 2.45) is 5.92 Å². The number of amides is 3. The molecule has 0 spiro atoms. The fourth-order valence-corrected chi connectivity index (χ4v) is 4.60. The Hall–Kier alpha value is -5.49. The number of benzene rings is 5. The molecule has 208 valence electrons. The second-order valence-electron chi connectivity index (χ2n) is 10.0. The highest BCUT2D eigenvalue weighted by molar-refractivity contribution is 6.11. The van der Waals surface area contributed by atoms with Crippen LogP contribution in [0.25, 0.3) is 11.1 Å². The number of nitrogens with one attached hydrogen (secondary N) is 3. The Bertz CT molecular complexity index is 1620. The molecule has 0 radical (unpaired) electrons. The third-order valence-corrected chi connectivity index (χ3v) is 6.96. The summed E-state index contributed by atoms with van der Waals surface area (Å²) < 4.78 is 0. The van der Waals surface area contributed by atoms with E-state index in [1.165, 1.54) is 0 Å². The van der Waals surface area contributed by atoms with E-state index >= 15 is 0 Å². The summed E-state index contributed by atoms with van der Waals surface area (Å²) in [6.07, 6.45) is 0.164. The number of carbonyl (C=O) groups excluding carboxylic acids is 3. The van der Waals surface area contributed by atoms with Gasteiger partial charge < -0.3 is 16.0 Å². The number of para-hydroxylation sites is 2. The summed E-state index contributed by atoms with van der Waals surface area (Å²) in [6, 6.07) is 41.0. The Labute approximate surface area is 245 Å². The van der Waals surface area contributed by atoms with Crippen molar-refractivity contribution in [1.82, 2.24) is 0 Å². The predicted molar refractivity (Wildman–Crippen MR) is 168 cm³/mol. The summed E-state index contributed by atoms with van der Waals surface area (Å²) in [5.74, 6) is -2.06. The maximum atomic E-state index is 13.3. The number of hydrogen-bond acceptors (Lipinski definition) is 3. The first-order chi connectivity index (χ1) is 20.5. The topological polar surface area (TPSA) is 87.3 Å². The molecular weight excluding hydrogens is 522 g/mol. The van der Waals surface area contributed by atoms with Crippen molar-refractivity contribution in [3.8, 4) is 11.1 Å². The smallest absolute Gasteiger partial charge is 0.255 e. The third kappa shape index (κ3) is 7.17. The van der Waals surface area contributed by atoms with E-state index in [-0.39, 0.29) is 12.3 Å². The van der Waals surface area contributed by atoms with Crippen LogP contribution in [0.1, 0.15) is 21.5 Å². The Balaban J connectivity index is 1.30. The van der Waals surface area contributed by atoms with E-state index in [1.54, 1.807) is 48.5 Å². The van der Waals surface area contributed by atoms with Gasteiger partial charge in [0, 0.05) is 22.6 Å². The summed E-state index contributed by atoms with van der Waals surface area (Å²) >= 11 is 0. The zero-order valence-electron chi connectivity index (χ0n) is 23.2. The Kier molecular flexibility index (Phi) is 8.85. The molecule has 0 unspecified atom stereocenters. The molecule has 42 heavy (non-hydrogen) atoms. The van der Waals surface area contributed by atoms with Crippen LogP contribution >= 0.6 is 0 Å². The Morgan fingerprint density at radius 3 is 1.64 bits per heavy atom. The fraction of sp³-hybridized carbons (Fsp3) is 0.0833. The zero-order valence-corrected chi connectivity index (χ0v) is 23.2. The monoisotopic (exact) mass is 553 g/mol. The first-order valence-corrected chi connectivity index (χ1v) is 13.7. The van der Waals surface area contributed by atoms with Gasteiger partial charge in [-0.1, -0.05) is 91.0 Å². The molecule has 3 amide bonds. The second kappa shape index (κ2) is 13.2. The van der Waals surface area contributed by atoms with Gasteiger partial charge in [-0.25, -0.2) is 0 Å². The lowest BCUT2D eigenvalue weighted by molar-refractivity contribution is -0.129. The molecule has 5 rings (SSSR count).